The van der Waals surface area contributed by atoms with E-state index in [9.17, 15) is 0 Å². The van der Waals surface area contributed by atoms with Crippen LogP contribution in [0.15, 0.2) is 0 Å². The molecule has 188 valence electrons. The first kappa shape index (κ1) is 26.7. The zero-order valence-electron chi connectivity index (χ0n) is 20.9. The molecule has 32 heavy (non-hydrogen) atoms. The Morgan fingerprint density at radius 1 is 0.531 bits per heavy atom. The van der Waals surface area contributed by atoms with Crippen LogP contribution in [0.1, 0.15) is 80.1 Å². The highest BCUT2D eigenvalue weighted by Gasteiger charge is 2.66. The molecule has 0 aromatic rings. The van der Waals surface area contributed by atoms with Crippen molar-refractivity contribution in [1.82, 2.24) is 0 Å². The highest BCUT2D eigenvalue weighted by Crippen LogP contribution is 2.61. The van der Waals surface area contributed by atoms with Gasteiger partial charge in [0.05, 0.1) is 11.2 Å². The first-order valence-corrected chi connectivity index (χ1v) is 15.9. The van der Waals surface area contributed by atoms with Gasteiger partial charge in [0.15, 0.2) is 0 Å². The molecule has 0 heterocycles. The van der Waals surface area contributed by atoms with E-state index < -0.39 is 18.1 Å². The molecule has 4 fully saturated rings. The third kappa shape index (κ3) is 5.84. The van der Waals surface area contributed by atoms with Gasteiger partial charge in [0.1, 0.15) is 0 Å². The third-order valence-corrected chi connectivity index (χ3v) is 11.8. The minimum atomic E-state index is -3.26. The molecule has 0 N–H and O–H groups in total. The van der Waals surface area contributed by atoms with Gasteiger partial charge < -0.3 is 35.4 Å². The van der Waals surface area contributed by atoms with Gasteiger partial charge in [0.25, 0.3) is 0 Å². The summed E-state index contributed by atoms with van der Waals surface area (Å²) in [6.07, 6.45) is 5.93. The van der Waals surface area contributed by atoms with Crippen LogP contribution in [0, 0.1) is 11.8 Å². The van der Waals surface area contributed by atoms with Crippen molar-refractivity contribution in [2.24, 2.45) is 11.8 Å². The summed E-state index contributed by atoms with van der Waals surface area (Å²) >= 11 is 0. The molecule has 0 spiro atoms. The van der Waals surface area contributed by atoms with Crippen molar-refractivity contribution >= 4 is 18.1 Å². The lowest BCUT2D eigenvalue weighted by atomic mass is 9.52. The molecule has 4 bridgehead atoms. The van der Waals surface area contributed by atoms with Crippen LogP contribution >= 0.6 is 0 Å². The Hall–Kier alpha value is 0.114. The van der Waals surface area contributed by atoms with Crippen molar-refractivity contribution in [3.63, 3.8) is 0 Å². The summed E-state index contributed by atoms with van der Waals surface area (Å²) in [5.41, 5.74) is -0.749. The molecular weight excluding hydrogens is 448 g/mol. The highest BCUT2D eigenvalue weighted by molar-refractivity contribution is 6.54. The monoisotopic (exact) mass is 492 g/mol. The number of rotatable bonds is 16. The van der Waals surface area contributed by atoms with Crippen LogP contribution in [-0.4, -0.2) is 68.9 Å². The van der Waals surface area contributed by atoms with Gasteiger partial charge in [-0.1, -0.05) is 0 Å². The summed E-state index contributed by atoms with van der Waals surface area (Å²) in [6, 6.07) is 0. The molecule has 0 aromatic heterocycles. The van der Waals surface area contributed by atoms with E-state index in [1.807, 2.05) is 41.5 Å². The lowest BCUT2D eigenvalue weighted by Gasteiger charge is -2.62. The summed E-state index contributed by atoms with van der Waals surface area (Å²) < 4.78 is 50.1. The van der Waals surface area contributed by atoms with Crippen LogP contribution < -0.4 is 0 Å². The number of hydrogen-bond acceptors (Lipinski definition) is 8. The second-order valence-electron chi connectivity index (χ2n) is 9.13. The minimum Gasteiger partial charge on any atom is -0.351 e. The Bertz CT molecular complexity index is 498. The number of hydrogen-bond donors (Lipinski definition) is 0. The SMILES string of the molecule is CCO[Si](OCC)(OCC)OC12CC3CC(C1)CC(O[Si](OCC)(OCC)OCC)(C3)C2. The maximum atomic E-state index is 6.86. The Kier molecular flexibility index (Phi) is 9.38. The summed E-state index contributed by atoms with van der Waals surface area (Å²) in [5, 5.41) is 0. The largest absolute Gasteiger partial charge is 0.680 e. The summed E-state index contributed by atoms with van der Waals surface area (Å²) in [6.45, 7) is 14.7. The van der Waals surface area contributed by atoms with Crippen LogP contribution in [0.2, 0.25) is 0 Å². The molecule has 8 nitrogen and oxygen atoms in total. The standard InChI is InChI=1S/C22H44O8Si2/c1-7-23-31(24-8-2,25-9-3)29-21-14-19-13-20(15-21)17-22(16-19,18-21)30-32(26-10-4,27-11-5)28-12-6/h19-20H,7-18H2,1-6H3. The predicted octanol–water partition coefficient (Wildman–Crippen LogP) is 4.20. The van der Waals surface area contributed by atoms with Crippen molar-refractivity contribution in [3.05, 3.63) is 0 Å². The molecule has 10 heteroatoms. The molecular formula is C22H44O8Si2. The molecule has 0 atom stereocenters. The first-order chi connectivity index (χ1) is 15.3. The first-order valence-electron chi connectivity index (χ1n) is 12.6. The van der Waals surface area contributed by atoms with E-state index in [2.05, 4.69) is 0 Å². The molecule has 0 unspecified atom stereocenters. The smallest absolute Gasteiger partial charge is 0.351 e. The lowest BCUT2D eigenvalue weighted by molar-refractivity contribution is -0.227. The van der Waals surface area contributed by atoms with E-state index in [0.717, 1.165) is 32.1 Å². The second kappa shape index (κ2) is 11.2. The summed E-state index contributed by atoms with van der Waals surface area (Å²) in [5.74, 6) is 1.06. The van der Waals surface area contributed by atoms with Crippen molar-refractivity contribution in [1.29, 1.82) is 0 Å². The van der Waals surface area contributed by atoms with Gasteiger partial charge >= 0.3 is 18.1 Å². The fourth-order valence-corrected chi connectivity index (χ4v) is 10.9. The molecule has 0 aromatic carbocycles. The van der Waals surface area contributed by atoms with E-state index in [1.165, 1.54) is 6.42 Å². The Morgan fingerprint density at radius 2 is 0.812 bits per heavy atom. The van der Waals surface area contributed by atoms with Gasteiger partial charge in [-0.05, 0) is 85.5 Å². The predicted molar refractivity (Wildman–Crippen MR) is 124 cm³/mol. The molecule has 4 rings (SSSR count). The van der Waals surface area contributed by atoms with E-state index in [0.29, 0.717) is 51.5 Å². The van der Waals surface area contributed by atoms with Crippen LogP contribution in [-0.2, 0) is 35.4 Å². The Labute approximate surface area is 196 Å². The summed E-state index contributed by atoms with van der Waals surface area (Å²) in [4.78, 5) is 0. The maximum absolute atomic E-state index is 6.86. The van der Waals surface area contributed by atoms with Crippen molar-refractivity contribution < 1.29 is 35.4 Å². The van der Waals surface area contributed by atoms with Gasteiger partial charge in [-0.25, -0.2) is 0 Å². The topological polar surface area (TPSA) is 73.8 Å². The lowest BCUT2D eigenvalue weighted by Crippen LogP contribution is -2.68. The van der Waals surface area contributed by atoms with Gasteiger partial charge in [-0.2, -0.15) is 0 Å². The molecule has 4 saturated carbocycles. The van der Waals surface area contributed by atoms with E-state index >= 15 is 0 Å². The molecule has 0 radical (unpaired) electrons. The Balaban J connectivity index is 1.89. The fraction of sp³-hybridized carbons (Fsp3) is 1.00. The van der Waals surface area contributed by atoms with Crippen LogP contribution in [0.3, 0.4) is 0 Å². The van der Waals surface area contributed by atoms with Gasteiger partial charge in [-0.15, -0.1) is 0 Å². The van der Waals surface area contributed by atoms with Crippen molar-refractivity contribution in [2.45, 2.75) is 91.3 Å². The second-order valence-corrected chi connectivity index (χ2v) is 13.3. The third-order valence-electron chi connectivity index (χ3n) is 6.56. The zero-order valence-corrected chi connectivity index (χ0v) is 22.9. The quantitative estimate of drug-likeness (QED) is 0.297. The molecule has 4 aliphatic rings. The molecule has 0 amide bonds. The zero-order chi connectivity index (χ0) is 23.3. The van der Waals surface area contributed by atoms with Crippen LogP contribution in [0.4, 0.5) is 0 Å². The average molecular weight is 493 g/mol. The van der Waals surface area contributed by atoms with Gasteiger partial charge in [0.2, 0.25) is 0 Å². The van der Waals surface area contributed by atoms with Crippen molar-refractivity contribution in [3.8, 4) is 0 Å². The van der Waals surface area contributed by atoms with Gasteiger partial charge in [-0.3, -0.25) is 0 Å². The molecule has 0 saturated heterocycles. The van der Waals surface area contributed by atoms with E-state index in [1.54, 1.807) is 0 Å². The minimum absolute atomic E-state index is 0.374. The van der Waals surface area contributed by atoms with E-state index in [4.69, 9.17) is 35.4 Å². The molecule has 0 aliphatic heterocycles. The van der Waals surface area contributed by atoms with Crippen molar-refractivity contribution in [2.75, 3.05) is 39.6 Å². The fourth-order valence-electron chi connectivity index (χ4n) is 6.35. The normalized spacial score (nSPS) is 32.1. The van der Waals surface area contributed by atoms with Gasteiger partial charge in [0, 0.05) is 46.1 Å². The summed E-state index contributed by atoms with van der Waals surface area (Å²) in [7, 11) is -6.51. The highest BCUT2D eigenvalue weighted by atomic mass is 28.4. The maximum Gasteiger partial charge on any atom is 0.680 e. The van der Waals surface area contributed by atoms with Crippen LogP contribution in [0.25, 0.3) is 0 Å². The van der Waals surface area contributed by atoms with E-state index in [-0.39, 0.29) is 11.2 Å². The average Bonchev–Trinajstić information content (AvgIpc) is 2.67. The Morgan fingerprint density at radius 3 is 1.06 bits per heavy atom. The van der Waals surface area contributed by atoms with Crippen LogP contribution in [0.5, 0.6) is 0 Å². The molecule has 4 aliphatic carbocycles.